The first-order chi connectivity index (χ1) is 8.99. The Morgan fingerprint density at radius 1 is 0.947 bits per heavy atom. The van der Waals surface area contributed by atoms with Gasteiger partial charge in [-0.25, -0.2) is 8.42 Å². The fraction of sp³-hybridized carbons (Fsp3) is 0.250. The molecule has 2 aromatic rings. The van der Waals surface area contributed by atoms with Crippen LogP contribution in [0.2, 0.25) is 0 Å². The van der Waals surface area contributed by atoms with Gasteiger partial charge in [0.05, 0.1) is 10.6 Å². The third-order valence-electron chi connectivity index (χ3n) is 3.22. The van der Waals surface area contributed by atoms with Crippen LogP contribution < -0.4 is 0 Å². The van der Waals surface area contributed by atoms with Crippen molar-refractivity contribution in [3.63, 3.8) is 0 Å². The van der Waals surface area contributed by atoms with Crippen LogP contribution in [-0.4, -0.2) is 14.2 Å². The molecule has 1 atom stereocenters. The van der Waals surface area contributed by atoms with Gasteiger partial charge in [0.1, 0.15) is 0 Å². The lowest BCUT2D eigenvalue weighted by Crippen LogP contribution is -2.12. The quantitative estimate of drug-likeness (QED) is 0.854. The van der Waals surface area contributed by atoms with E-state index < -0.39 is 9.84 Å². The summed E-state index contributed by atoms with van der Waals surface area (Å²) in [6, 6.07) is 16.7. The highest BCUT2D eigenvalue weighted by atomic mass is 32.2. The predicted molar refractivity (Wildman–Crippen MR) is 78.1 cm³/mol. The number of hydrogen-bond donors (Lipinski definition) is 0. The Bertz CT molecular complexity index is 628. The molecule has 0 radical (unpaired) electrons. The van der Waals surface area contributed by atoms with Gasteiger partial charge >= 0.3 is 0 Å². The van der Waals surface area contributed by atoms with Crippen molar-refractivity contribution in [2.45, 2.75) is 24.7 Å². The summed E-state index contributed by atoms with van der Waals surface area (Å²) in [4.78, 5) is 0.397. The van der Waals surface area contributed by atoms with Gasteiger partial charge in [-0.3, -0.25) is 0 Å². The van der Waals surface area contributed by atoms with Crippen LogP contribution in [0.3, 0.4) is 0 Å². The van der Waals surface area contributed by atoms with E-state index in [1.54, 1.807) is 24.3 Å². The fourth-order valence-electron chi connectivity index (χ4n) is 2.04. The normalized spacial score (nSPS) is 13.2. The molecule has 0 aromatic heterocycles. The van der Waals surface area contributed by atoms with Gasteiger partial charge in [-0.2, -0.15) is 0 Å². The summed E-state index contributed by atoms with van der Waals surface area (Å²) in [5.41, 5.74) is 2.24. The molecule has 100 valence electrons. The zero-order chi connectivity index (χ0) is 13.9. The first kappa shape index (κ1) is 13.8. The Morgan fingerprint density at radius 2 is 1.53 bits per heavy atom. The second-order valence-electron chi connectivity index (χ2n) is 4.91. The van der Waals surface area contributed by atoms with E-state index in [9.17, 15) is 8.42 Å². The van der Waals surface area contributed by atoms with Crippen molar-refractivity contribution in [2.24, 2.45) is 0 Å². The molecule has 19 heavy (non-hydrogen) atoms. The van der Waals surface area contributed by atoms with Crippen molar-refractivity contribution in [3.05, 3.63) is 65.7 Å². The molecule has 2 rings (SSSR count). The van der Waals surface area contributed by atoms with E-state index in [0.717, 1.165) is 5.56 Å². The average molecular weight is 274 g/mol. The molecule has 0 saturated heterocycles. The number of sulfone groups is 1. The zero-order valence-corrected chi connectivity index (χ0v) is 12.0. The standard InChI is InChI=1S/C16H18O2S/c1-13-8-10-15(11-9-13)14(2)12-19(17,18)16-6-4-3-5-7-16/h3-11,14H,12H2,1-2H3/t14-/m0/s1. The maximum absolute atomic E-state index is 12.3. The van der Waals surface area contributed by atoms with Gasteiger partial charge in [-0.05, 0) is 30.5 Å². The molecule has 0 saturated carbocycles. The molecule has 2 aromatic carbocycles. The minimum atomic E-state index is -3.22. The summed E-state index contributed by atoms with van der Waals surface area (Å²) < 4.78 is 24.6. The minimum Gasteiger partial charge on any atom is -0.224 e. The van der Waals surface area contributed by atoms with E-state index in [-0.39, 0.29) is 11.7 Å². The number of hydrogen-bond acceptors (Lipinski definition) is 2. The van der Waals surface area contributed by atoms with Gasteiger partial charge < -0.3 is 0 Å². The monoisotopic (exact) mass is 274 g/mol. The summed E-state index contributed by atoms with van der Waals surface area (Å²) in [6.45, 7) is 3.97. The fourth-order valence-corrected chi connectivity index (χ4v) is 3.66. The maximum Gasteiger partial charge on any atom is 0.178 e. The first-order valence-corrected chi connectivity index (χ1v) is 7.98. The molecular weight excluding hydrogens is 256 g/mol. The molecule has 3 heteroatoms. The Labute approximate surface area is 115 Å². The summed E-state index contributed by atoms with van der Waals surface area (Å²) in [6.07, 6.45) is 0. The van der Waals surface area contributed by atoms with E-state index in [0.29, 0.717) is 4.90 Å². The van der Waals surface area contributed by atoms with E-state index in [1.807, 2.05) is 44.2 Å². The van der Waals surface area contributed by atoms with Gasteiger partial charge in [0, 0.05) is 0 Å². The molecule has 0 amide bonds. The van der Waals surface area contributed by atoms with Gasteiger partial charge in [0.2, 0.25) is 0 Å². The van der Waals surface area contributed by atoms with E-state index in [2.05, 4.69) is 0 Å². The molecule has 0 unspecified atom stereocenters. The molecule has 0 N–H and O–H groups in total. The molecule has 0 aliphatic carbocycles. The molecule has 2 nitrogen and oxygen atoms in total. The second-order valence-corrected chi connectivity index (χ2v) is 6.94. The topological polar surface area (TPSA) is 34.1 Å². The van der Waals surface area contributed by atoms with Crippen LogP contribution in [0.1, 0.15) is 24.0 Å². The van der Waals surface area contributed by atoms with Gasteiger partial charge in [0.15, 0.2) is 9.84 Å². The summed E-state index contributed by atoms with van der Waals surface area (Å²) in [5, 5.41) is 0. The molecule has 0 bridgehead atoms. The summed E-state index contributed by atoms with van der Waals surface area (Å²) in [7, 11) is -3.22. The first-order valence-electron chi connectivity index (χ1n) is 6.33. The molecule has 0 heterocycles. The highest BCUT2D eigenvalue weighted by molar-refractivity contribution is 7.91. The summed E-state index contributed by atoms with van der Waals surface area (Å²) >= 11 is 0. The average Bonchev–Trinajstić information content (AvgIpc) is 2.40. The number of rotatable bonds is 4. The molecule has 0 aliphatic heterocycles. The molecular formula is C16H18O2S. The third-order valence-corrected chi connectivity index (χ3v) is 5.15. The predicted octanol–water partition coefficient (Wildman–Crippen LogP) is 3.57. The highest BCUT2D eigenvalue weighted by Gasteiger charge is 2.19. The SMILES string of the molecule is Cc1ccc([C@@H](C)CS(=O)(=O)c2ccccc2)cc1. The van der Waals surface area contributed by atoms with Crippen molar-refractivity contribution in [3.8, 4) is 0 Å². The number of benzene rings is 2. The van der Waals surface area contributed by atoms with Crippen LogP contribution in [0.25, 0.3) is 0 Å². The van der Waals surface area contributed by atoms with Crippen molar-refractivity contribution >= 4 is 9.84 Å². The van der Waals surface area contributed by atoms with Crippen molar-refractivity contribution in [2.75, 3.05) is 5.75 Å². The lowest BCUT2D eigenvalue weighted by Gasteiger charge is -2.12. The second kappa shape index (κ2) is 5.57. The van der Waals surface area contributed by atoms with Crippen LogP contribution >= 0.6 is 0 Å². The van der Waals surface area contributed by atoms with Crippen molar-refractivity contribution < 1.29 is 8.42 Å². The van der Waals surface area contributed by atoms with Crippen molar-refractivity contribution in [1.29, 1.82) is 0 Å². The van der Waals surface area contributed by atoms with Crippen LogP contribution in [-0.2, 0) is 9.84 Å². The lowest BCUT2D eigenvalue weighted by atomic mass is 10.0. The highest BCUT2D eigenvalue weighted by Crippen LogP contribution is 2.21. The lowest BCUT2D eigenvalue weighted by molar-refractivity contribution is 0.590. The van der Waals surface area contributed by atoms with Crippen LogP contribution in [0.15, 0.2) is 59.5 Å². The third kappa shape index (κ3) is 3.44. The largest absolute Gasteiger partial charge is 0.224 e. The zero-order valence-electron chi connectivity index (χ0n) is 11.2. The smallest absolute Gasteiger partial charge is 0.178 e. The molecule has 0 spiro atoms. The Kier molecular flexibility index (Phi) is 4.05. The Morgan fingerprint density at radius 3 is 2.11 bits per heavy atom. The van der Waals surface area contributed by atoms with E-state index in [1.165, 1.54) is 5.56 Å². The van der Waals surface area contributed by atoms with Crippen LogP contribution in [0.5, 0.6) is 0 Å². The van der Waals surface area contributed by atoms with Crippen molar-refractivity contribution in [1.82, 2.24) is 0 Å². The van der Waals surface area contributed by atoms with Crippen LogP contribution in [0, 0.1) is 6.92 Å². The minimum absolute atomic E-state index is 0.00851. The van der Waals surface area contributed by atoms with Gasteiger partial charge in [0.25, 0.3) is 0 Å². The van der Waals surface area contributed by atoms with Crippen LogP contribution in [0.4, 0.5) is 0 Å². The maximum atomic E-state index is 12.3. The number of aryl methyl sites for hydroxylation is 1. The summed E-state index contributed by atoms with van der Waals surface area (Å²) in [5.74, 6) is 0.130. The van der Waals surface area contributed by atoms with E-state index in [4.69, 9.17) is 0 Å². The Balaban J connectivity index is 2.19. The van der Waals surface area contributed by atoms with Gasteiger partial charge in [-0.15, -0.1) is 0 Å². The van der Waals surface area contributed by atoms with E-state index >= 15 is 0 Å². The molecule has 0 aliphatic rings. The van der Waals surface area contributed by atoms with Gasteiger partial charge in [-0.1, -0.05) is 55.0 Å². The Hall–Kier alpha value is -1.61. The molecule has 0 fully saturated rings.